The summed E-state index contributed by atoms with van der Waals surface area (Å²) in [4.78, 5) is 36.9. The predicted octanol–water partition coefficient (Wildman–Crippen LogP) is 5.88. The van der Waals surface area contributed by atoms with Gasteiger partial charge < -0.3 is 10.2 Å². The monoisotopic (exact) mass is 583 g/mol. The molecule has 6 rings (SSSR count). The zero-order valence-electron chi connectivity index (χ0n) is 22.7. The first-order chi connectivity index (χ1) is 20.4. The zero-order chi connectivity index (χ0) is 29.2. The fourth-order valence-corrected chi connectivity index (χ4v) is 5.61. The van der Waals surface area contributed by atoms with Gasteiger partial charge in [-0.05, 0) is 66.9 Å². The molecule has 2 bridgehead atoms. The van der Waals surface area contributed by atoms with Crippen molar-refractivity contribution in [1.29, 1.82) is 0 Å². The van der Waals surface area contributed by atoms with Crippen molar-refractivity contribution in [3.63, 3.8) is 0 Å². The van der Waals surface area contributed by atoms with Crippen molar-refractivity contribution in [2.45, 2.75) is 32.2 Å². The average Bonchev–Trinajstić information content (AvgIpc) is 3.54. The number of aliphatic imine (C=N–C) groups is 1. The van der Waals surface area contributed by atoms with Crippen LogP contribution in [-0.4, -0.2) is 50.0 Å². The third kappa shape index (κ3) is 5.45. The molecule has 2 aromatic carbocycles. The molecule has 0 fully saturated rings. The van der Waals surface area contributed by atoms with Gasteiger partial charge in [0.1, 0.15) is 12.1 Å². The molecule has 2 unspecified atom stereocenters. The third-order valence-electron chi connectivity index (χ3n) is 7.65. The lowest BCUT2D eigenvalue weighted by Crippen LogP contribution is -2.33. The number of rotatable bonds is 4. The molecule has 0 radical (unpaired) electrons. The van der Waals surface area contributed by atoms with Crippen LogP contribution in [0.4, 0.5) is 10.1 Å². The lowest BCUT2D eigenvalue weighted by Gasteiger charge is -2.33. The molecule has 1 amide bonds. The number of fused-ring (bicyclic) bond motifs is 4. The summed E-state index contributed by atoms with van der Waals surface area (Å²) in [6, 6.07) is 13.1. The van der Waals surface area contributed by atoms with Crippen molar-refractivity contribution in [3.8, 4) is 16.8 Å². The number of pyridine rings is 1. The Labute approximate surface area is 246 Å². The number of carbonyl (C=O) groups excluding carboxylic acids is 2. The SMILES string of the molecule is CC1CCCC(N2C=NC(c3cc(Cl)ccc3-n3ccnn3)=C(C=O)C2)c2cc(ccn2)-c2cc(F)ccc2NC1=O. The minimum absolute atomic E-state index is 0.116. The summed E-state index contributed by atoms with van der Waals surface area (Å²) in [5, 5.41) is 11.5. The van der Waals surface area contributed by atoms with Gasteiger partial charge >= 0.3 is 0 Å². The quantitative estimate of drug-likeness (QED) is 0.301. The van der Waals surface area contributed by atoms with E-state index < -0.39 is 5.82 Å². The second kappa shape index (κ2) is 11.7. The normalized spacial score (nSPS) is 19.0. The largest absolute Gasteiger partial charge is 0.349 e. The second-order valence-corrected chi connectivity index (χ2v) is 10.9. The molecule has 11 heteroatoms. The van der Waals surface area contributed by atoms with Gasteiger partial charge in [0.2, 0.25) is 5.91 Å². The number of carbonyl (C=O) groups is 2. The summed E-state index contributed by atoms with van der Waals surface area (Å²) in [7, 11) is 0. The van der Waals surface area contributed by atoms with E-state index in [1.807, 2.05) is 24.0 Å². The third-order valence-corrected chi connectivity index (χ3v) is 7.89. The van der Waals surface area contributed by atoms with Gasteiger partial charge in [0.25, 0.3) is 0 Å². The number of nitrogens with zero attached hydrogens (tertiary/aromatic N) is 6. The molecule has 4 heterocycles. The van der Waals surface area contributed by atoms with Crippen LogP contribution in [0.25, 0.3) is 22.5 Å². The zero-order valence-corrected chi connectivity index (χ0v) is 23.5. The van der Waals surface area contributed by atoms with Gasteiger partial charge in [-0.15, -0.1) is 5.10 Å². The van der Waals surface area contributed by atoms with Crippen LogP contribution < -0.4 is 5.32 Å². The predicted molar refractivity (Wildman–Crippen MR) is 159 cm³/mol. The van der Waals surface area contributed by atoms with Gasteiger partial charge in [0.05, 0.1) is 41.9 Å². The topological polar surface area (TPSA) is 105 Å². The molecule has 2 atom stereocenters. The highest BCUT2D eigenvalue weighted by atomic mass is 35.5. The van der Waals surface area contributed by atoms with Crippen LogP contribution in [0.1, 0.15) is 43.5 Å². The Balaban J connectivity index is 1.39. The van der Waals surface area contributed by atoms with Crippen LogP contribution in [0.5, 0.6) is 0 Å². The van der Waals surface area contributed by atoms with Gasteiger partial charge in [-0.1, -0.05) is 30.2 Å². The number of aldehydes is 1. The summed E-state index contributed by atoms with van der Waals surface area (Å²) in [6.07, 6.45) is 9.56. The van der Waals surface area contributed by atoms with Crippen LogP contribution in [0.3, 0.4) is 0 Å². The van der Waals surface area contributed by atoms with Gasteiger partial charge in [-0.2, -0.15) is 0 Å². The van der Waals surface area contributed by atoms with Crippen LogP contribution in [0.2, 0.25) is 5.02 Å². The second-order valence-electron chi connectivity index (χ2n) is 10.4. The first-order valence-electron chi connectivity index (χ1n) is 13.6. The number of amides is 1. The highest BCUT2D eigenvalue weighted by molar-refractivity contribution is 6.30. The minimum Gasteiger partial charge on any atom is -0.349 e. The summed E-state index contributed by atoms with van der Waals surface area (Å²) >= 11 is 6.35. The van der Waals surface area contributed by atoms with Gasteiger partial charge in [0.15, 0.2) is 0 Å². The molecule has 0 saturated heterocycles. The summed E-state index contributed by atoms with van der Waals surface area (Å²) in [5.41, 5.74) is 4.92. The van der Waals surface area contributed by atoms with Gasteiger partial charge in [-0.25, -0.2) is 14.1 Å². The van der Waals surface area contributed by atoms with Crippen LogP contribution >= 0.6 is 11.6 Å². The molecule has 4 aromatic rings. The highest BCUT2D eigenvalue weighted by Crippen LogP contribution is 2.36. The number of anilines is 1. The van der Waals surface area contributed by atoms with Crippen LogP contribution in [-0.2, 0) is 9.59 Å². The molecule has 0 saturated carbocycles. The molecule has 42 heavy (non-hydrogen) atoms. The lowest BCUT2D eigenvalue weighted by atomic mass is 9.94. The number of nitrogens with one attached hydrogen (secondary N) is 1. The van der Waals surface area contributed by atoms with Crippen molar-refractivity contribution >= 4 is 41.5 Å². The highest BCUT2D eigenvalue weighted by Gasteiger charge is 2.28. The van der Waals surface area contributed by atoms with E-state index in [0.29, 0.717) is 51.6 Å². The van der Waals surface area contributed by atoms with Crippen molar-refractivity contribution in [1.82, 2.24) is 24.9 Å². The number of benzene rings is 2. The Morgan fingerprint density at radius 2 is 1.95 bits per heavy atom. The van der Waals surface area contributed by atoms with Crippen LogP contribution in [0, 0.1) is 11.7 Å². The summed E-state index contributed by atoms with van der Waals surface area (Å²) in [5.74, 6) is -0.769. The average molecular weight is 584 g/mol. The molecule has 212 valence electrons. The van der Waals surface area contributed by atoms with E-state index in [2.05, 4.69) is 20.6 Å². The Hall–Kier alpha value is -4.70. The fourth-order valence-electron chi connectivity index (χ4n) is 5.44. The Kier molecular flexibility index (Phi) is 7.62. The molecule has 0 aliphatic carbocycles. The van der Waals surface area contributed by atoms with Crippen molar-refractivity contribution in [2.24, 2.45) is 10.9 Å². The van der Waals surface area contributed by atoms with E-state index in [1.54, 1.807) is 53.9 Å². The fraction of sp³-hybridized carbons (Fsp3) is 0.226. The maximum atomic E-state index is 14.3. The van der Waals surface area contributed by atoms with E-state index in [1.165, 1.54) is 12.1 Å². The van der Waals surface area contributed by atoms with Crippen molar-refractivity contribution in [3.05, 3.63) is 94.8 Å². The van der Waals surface area contributed by atoms with E-state index in [9.17, 15) is 14.0 Å². The number of hydrogen-bond acceptors (Lipinski definition) is 7. The lowest BCUT2D eigenvalue weighted by molar-refractivity contribution is -0.119. The first kappa shape index (κ1) is 27.5. The van der Waals surface area contributed by atoms with E-state index in [4.69, 9.17) is 16.6 Å². The van der Waals surface area contributed by atoms with E-state index in [0.717, 1.165) is 24.0 Å². The number of halogens is 2. The van der Waals surface area contributed by atoms with Crippen LogP contribution in [0.15, 0.2) is 77.7 Å². The molecule has 9 nitrogen and oxygen atoms in total. The van der Waals surface area contributed by atoms with E-state index >= 15 is 0 Å². The first-order valence-corrected chi connectivity index (χ1v) is 14.0. The molecule has 2 aromatic heterocycles. The maximum absolute atomic E-state index is 14.3. The van der Waals surface area contributed by atoms with Crippen molar-refractivity contribution in [2.75, 3.05) is 11.9 Å². The number of hydrogen-bond donors (Lipinski definition) is 1. The Morgan fingerprint density at radius 3 is 2.76 bits per heavy atom. The number of aromatic nitrogens is 4. The Morgan fingerprint density at radius 1 is 1.07 bits per heavy atom. The Bertz CT molecular complexity index is 1720. The maximum Gasteiger partial charge on any atom is 0.227 e. The smallest absolute Gasteiger partial charge is 0.227 e. The summed E-state index contributed by atoms with van der Waals surface area (Å²) < 4.78 is 15.9. The van der Waals surface area contributed by atoms with Crippen molar-refractivity contribution < 1.29 is 14.0 Å². The summed E-state index contributed by atoms with van der Waals surface area (Å²) in [6.45, 7) is 2.17. The molecule has 0 spiro atoms. The van der Waals surface area contributed by atoms with Gasteiger partial charge in [0, 0.05) is 46.1 Å². The molecular weight excluding hydrogens is 557 g/mol. The molecule has 2 aliphatic rings. The minimum atomic E-state index is -0.402. The molecular formula is C31H27ClFN7O2. The van der Waals surface area contributed by atoms with E-state index in [-0.39, 0.29) is 24.4 Å². The van der Waals surface area contributed by atoms with Gasteiger partial charge in [-0.3, -0.25) is 14.6 Å². The molecule has 2 aliphatic heterocycles. The standard InChI is InChI=1S/C31H27ClFN7O2/c1-19-3-2-4-29(27-13-20(9-10-34-27)24-15-23(33)6-7-26(24)37-31(19)42)39-16-21(17-41)30(35-18-39)25-14-22(32)5-8-28(25)40-12-11-36-38-40/h5-15,17-19,29H,2-4,16H2,1H3,(H,37,42). The molecule has 1 N–H and O–H groups in total.